The third-order valence-electron chi connectivity index (χ3n) is 7.30. The van der Waals surface area contributed by atoms with Crippen molar-refractivity contribution in [3.05, 3.63) is 87.6 Å². The minimum absolute atomic E-state index is 0. The van der Waals surface area contributed by atoms with Crippen LogP contribution in [0.25, 0.3) is 0 Å². The van der Waals surface area contributed by atoms with Crippen molar-refractivity contribution in [2.24, 2.45) is 0 Å². The van der Waals surface area contributed by atoms with Crippen molar-refractivity contribution in [2.45, 2.75) is 28.7 Å². The Labute approximate surface area is 296 Å². The number of carboxylic acids is 1. The Bertz CT molecular complexity index is 1750. The zero-order chi connectivity index (χ0) is 31.8. The molecule has 6 rings (SSSR count). The van der Waals surface area contributed by atoms with Gasteiger partial charge in [0.2, 0.25) is 11.8 Å². The van der Waals surface area contributed by atoms with E-state index >= 15 is 0 Å². The molecule has 4 heterocycles. The van der Waals surface area contributed by atoms with Gasteiger partial charge < -0.3 is 20.5 Å². The van der Waals surface area contributed by atoms with Crippen LogP contribution in [-0.2, 0) is 19.2 Å². The van der Waals surface area contributed by atoms with E-state index in [1.165, 1.54) is 47.0 Å². The maximum absolute atomic E-state index is 13.6. The Morgan fingerprint density at radius 1 is 1.02 bits per heavy atom. The van der Waals surface area contributed by atoms with Gasteiger partial charge in [-0.15, -0.1) is 22.0 Å². The molecule has 1 saturated heterocycles. The fourth-order valence-corrected chi connectivity index (χ4v) is 8.48. The summed E-state index contributed by atoms with van der Waals surface area (Å²) in [5.41, 5.74) is 1.04. The molecular weight excluding hydrogens is 664 g/mol. The molecule has 46 heavy (non-hydrogen) atoms. The summed E-state index contributed by atoms with van der Waals surface area (Å²) in [6.07, 6.45) is 0. The van der Waals surface area contributed by atoms with Crippen LogP contribution in [0, 0.1) is 6.92 Å². The molecule has 3 aromatic rings. The zero-order valence-corrected chi connectivity index (χ0v) is 28.9. The molecular formula is C29H23N6NaO7S3. The van der Waals surface area contributed by atoms with Crippen LogP contribution in [-0.4, -0.2) is 85.0 Å². The maximum Gasteiger partial charge on any atom is 1.00 e. The van der Waals surface area contributed by atoms with Gasteiger partial charge in [-0.3, -0.25) is 33.8 Å². The van der Waals surface area contributed by atoms with Crippen LogP contribution in [0.15, 0.2) is 70.2 Å². The number of amides is 5. The number of rotatable bonds is 10. The molecule has 2 N–H and O–H groups in total. The van der Waals surface area contributed by atoms with Crippen molar-refractivity contribution in [3.8, 4) is 0 Å². The number of carbonyl (C=O) groups excluding carboxylic acids is 6. The first-order valence-corrected chi connectivity index (χ1v) is 16.4. The molecule has 17 heteroatoms. The predicted octanol–water partition coefficient (Wildman–Crippen LogP) is -2.50. The van der Waals surface area contributed by atoms with E-state index < -0.39 is 59.5 Å². The van der Waals surface area contributed by atoms with E-state index in [1.807, 2.05) is 6.92 Å². The molecule has 2 unspecified atom stereocenters. The number of hydrogen-bond donors (Lipinski definition) is 2. The Morgan fingerprint density at radius 3 is 2.28 bits per heavy atom. The number of carboxylic acid groups (broad SMARTS) is 1. The first-order chi connectivity index (χ1) is 21.6. The summed E-state index contributed by atoms with van der Waals surface area (Å²) in [6.45, 7) is 1.19. The average Bonchev–Trinajstić information content (AvgIpc) is 3.57. The van der Waals surface area contributed by atoms with Gasteiger partial charge in [0.15, 0.2) is 4.34 Å². The van der Waals surface area contributed by atoms with Gasteiger partial charge in [0, 0.05) is 11.5 Å². The average molecular weight is 687 g/mol. The Balaban J connectivity index is 0.00000417. The van der Waals surface area contributed by atoms with Gasteiger partial charge in [-0.25, -0.2) is 0 Å². The Kier molecular flexibility index (Phi) is 10.3. The number of carbonyl (C=O) groups is 6. The molecule has 1 aromatic heterocycles. The van der Waals surface area contributed by atoms with Gasteiger partial charge >= 0.3 is 29.6 Å². The molecule has 0 bridgehead atoms. The minimum Gasteiger partial charge on any atom is -0.543 e. The number of hydrogen-bond acceptors (Lipinski definition) is 12. The summed E-state index contributed by atoms with van der Waals surface area (Å²) in [7, 11) is 0. The largest absolute Gasteiger partial charge is 1.00 e. The number of thioether (sulfide) groups is 2. The van der Waals surface area contributed by atoms with Gasteiger partial charge in [-0.1, -0.05) is 65.6 Å². The Hall–Kier alpha value is -3.54. The van der Waals surface area contributed by atoms with Crippen molar-refractivity contribution < 1.29 is 63.4 Å². The van der Waals surface area contributed by atoms with Crippen LogP contribution in [0.1, 0.15) is 37.3 Å². The van der Waals surface area contributed by atoms with Gasteiger partial charge in [0.25, 0.3) is 17.7 Å². The summed E-state index contributed by atoms with van der Waals surface area (Å²) in [5, 5.41) is 25.4. The third-order valence-corrected chi connectivity index (χ3v) is 10.7. The number of fused-ring (bicyclic) bond motifs is 2. The molecule has 13 nitrogen and oxygen atoms in total. The van der Waals surface area contributed by atoms with E-state index in [1.54, 1.807) is 42.5 Å². The summed E-state index contributed by atoms with van der Waals surface area (Å²) in [4.78, 5) is 79.5. The second-order valence-electron chi connectivity index (χ2n) is 10.2. The number of benzene rings is 2. The quantitative estimate of drug-likeness (QED) is 0.0996. The molecule has 3 atom stereocenters. The number of aromatic nitrogens is 2. The topological polar surface area (TPSA) is 182 Å². The van der Waals surface area contributed by atoms with E-state index in [0.29, 0.717) is 15.5 Å². The van der Waals surface area contributed by atoms with Gasteiger partial charge in [-0.2, -0.15) is 0 Å². The van der Waals surface area contributed by atoms with Crippen LogP contribution < -0.4 is 45.3 Å². The molecule has 0 saturated carbocycles. The smallest absolute Gasteiger partial charge is 0.543 e. The van der Waals surface area contributed by atoms with E-state index in [4.69, 9.17) is 0 Å². The molecule has 3 aliphatic heterocycles. The van der Waals surface area contributed by atoms with Crippen molar-refractivity contribution in [1.29, 1.82) is 0 Å². The van der Waals surface area contributed by atoms with Crippen molar-refractivity contribution in [1.82, 2.24) is 30.6 Å². The number of β-lactam (4-membered cyclic amide) rings is 1. The van der Waals surface area contributed by atoms with Crippen molar-refractivity contribution in [3.63, 3.8) is 0 Å². The van der Waals surface area contributed by atoms with E-state index in [2.05, 4.69) is 20.8 Å². The molecule has 0 radical (unpaired) electrons. The molecule has 0 spiro atoms. The molecule has 230 valence electrons. The summed E-state index contributed by atoms with van der Waals surface area (Å²) < 4.78 is 0.668. The van der Waals surface area contributed by atoms with Gasteiger partial charge in [-0.05, 0) is 30.2 Å². The fourth-order valence-electron chi connectivity index (χ4n) is 5.18. The van der Waals surface area contributed by atoms with E-state index in [-0.39, 0.29) is 57.9 Å². The first-order valence-electron chi connectivity index (χ1n) is 13.5. The second-order valence-corrected chi connectivity index (χ2v) is 13.7. The first kappa shape index (κ1) is 33.8. The second kappa shape index (κ2) is 14.1. The molecule has 3 aliphatic rings. The maximum atomic E-state index is 13.6. The van der Waals surface area contributed by atoms with Crippen molar-refractivity contribution >= 4 is 70.4 Å². The third kappa shape index (κ3) is 6.50. The number of aryl methyl sites for hydroxylation is 1. The van der Waals surface area contributed by atoms with Crippen molar-refractivity contribution in [2.75, 3.05) is 18.1 Å². The van der Waals surface area contributed by atoms with E-state index in [9.17, 15) is 33.9 Å². The molecule has 5 amide bonds. The minimum atomic E-state index is -1.50. The monoisotopic (exact) mass is 686 g/mol. The molecule has 2 aromatic carbocycles. The van der Waals surface area contributed by atoms with Crippen LogP contribution >= 0.6 is 34.9 Å². The zero-order valence-electron chi connectivity index (χ0n) is 24.4. The van der Waals surface area contributed by atoms with Crippen LogP contribution in [0.4, 0.5) is 0 Å². The SMILES string of the molecule is Cc1nnc(SCC2=C(C(=O)[O-])N3C(=O)C(NC(=O)C(NC(=O)CN4C(=O)c5ccccc5C4=O)c4ccccc4)[C@@H]3SC2)s1.[Na+]. The van der Waals surface area contributed by atoms with Crippen LogP contribution in [0.3, 0.4) is 0 Å². The fraction of sp³-hybridized carbons (Fsp3) is 0.241. The summed E-state index contributed by atoms with van der Waals surface area (Å²) in [5.74, 6) is -4.28. The molecule has 1 fully saturated rings. The van der Waals surface area contributed by atoms with Gasteiger partial charge in [0.05, 0.1) is 22.8 Å². The van der Waals surface area contributed by atoms with Crippen LogP contribution in [0.5, 0.6) is 0 Å². The molecule has 0 aliphatic carbocycles. The number of nitrogens with zero attached hydrogens (tertiary/aromatic N) is 4. The number of nitrogens with one attached hydrogen (secondary N) is 2. The predicted molar refractivity (Wildman–Crippen MR) is 162 cm³/mol. The van der Waals surface area contributed by atoms with Crippen LogP contribution in [0.2, 0.25) is 0 Å². The number of imide groups is 1. The summed E-state index contributed by atoms with van der Waals surface area (Å²) in [6, 6.07) is 12.2. The summed E-state index contributed by atoms with van der Waals surface area (Å²) >= 11 is 3.99. The standard InChI is InChI=1S/C29H24N6O7S3.Na/c1-14-32-33-29(45-14)44-13-16-12-43-27-21(26(40)35(27)22(16)28(41)42)31-23(37)20(15-7-3-2-4-8-15)30-19(36)11-34-24(38)17-9-5-6-10-18(17)25(34)39;/h2-10,20-21,27H,11-13H2,1H3,(H,30,36)(H,31,37)(H,41,42);/q;+1/p-1/t20?,21?,27-;/m0./s1. The normalized spacial score (nSPS) is 19.1. The number of aliphatic carboxylic acids is 1. The Morgan fingerprint density at radius 2 is 1.67 bits per heavy atom. The van der Waals surface area contributed by atoms with E-state index in [0.717, 1.165) is 14.8 Å². The van der Waals surface area contributed by atoms with Gasteiger partial charge in [0.1, 0.15) is 29.0 Å².